The number of hydrogen-bond acceptors (Lipinski definition) is 3. The number of nitrogens with zero attached hydrogens (tertiary/aromatic N) is 2. The lowest BCUT2D eigenvalue weighted by molar-refractivity contribution is 0.484. The topological polar surface area (TPSA) is 38.9 Å². The molecule has 3 nitrogen and oxygen atoms in total. The maximum Gasteiger partial charge on any atom is 0.240 e. The number of aryl methyl sites for hydroxylation is 2. The van der Waals surface area contributed by atoms with Gasteiger partial charge in [0.05, 0.1) is 0 Å². The summed E-state index contributed by atoms with van der Waals surface area (Å²) in [6.45, 7) is 0. The van der Waals surface area contributed by atoms with Crippen molar-refractivity contribution in [1.29, 1.82) is 0 Å². The molecular weight excluding hydrogens is 260 g/mol. The molecule has 21 heavy (non-hydrogen) atoms. The zero-order valence-electron chi connectivity index (χ0n) is 11.6. The van der Waals surface area contributed by atoms with Gasteiger partial charge in [0.15, 0.2) is 0 Å². The van der Waals surface area contributed by atoms with Gasteiger partial charge in [0.2, 0.25) is 11.8 Å². The highest BCUT2D eigenvalue weighted by Crippen LogP contribution is 2.09. The quantitative estimate of drug-likeness (QED) is 0.706. The minimum Gasteiger partial charge on any atom is -0.421 e. The van der Waals surface area contributed by atoms with E-state index in [1.165, 1.54) is 5.56 Å². The Hall–Kier alpha value is -2.68. The molecule has 0 spiro atoms. The van der Waals surface area contributed by atoms with Gasteiger partial charge in [-0.25, -0.2) is 0 Å². The summed E-state index contributed by atoms with van der Waals surface area (Å²) in [6, 6.07) is 20.4. The molecule has 3 aromatic rings. The normalized spacial score (nSPS) is 11.0. The van der Waals surface area contributed by atoms with Crippen molar-refractivity contribution in [2.75, 3.05) is 0 Å². The van der Waals surface area contributed by atoms with Crippen molar-refractivity contribution >= 4 is 12.2 Å². The molecule has 0 amide bonds. The Kier molecular flexibility index (Phi) is 4.22. The standard InChI is InChI=1S/C18H16N2O/c1-3-7-15(8-4-1)11-13-17-19-20-18(21-17)14-12-16-9-5-2-6-10-16/h1-11,13H,12,14H2/b13-11-. The number of hydrogen-bond donors (Lipinski definition) is 0. The molecule has 0 aliphatic carbocycles. The Balaban J connectivity index is 1.60. The Labute approximate surface area is 124 Å². The highest BCUT2D eigenvalue weighted by molar-refractivity contribution is 5.65. The van der Waals surface area contributed by atoms with Gasteiger partial charge in [-0.2, -0.15) is 0 Å². The molecule has 0 bridgehead atoms. The van der Waals surface area contributed by atoms with Crippen LogP contribution in [0.25, 0.3) is 12.2 Å². The van der Waals surface area contributed by atoms with Crippen LogP contribution >= 0.6 is 0 Å². The second kappa shape index (κ2) is 6.66. The van der Waals surface area contributed by atoms with E-state index < -0.39 is 0 Å². The van der Waals surface area contributed by atoms with Crippen molar-refractivity contribution in [3.8, 4) is 0 Å². The Morgan fingerprint density at radius 2 is 1.48 bits per heavy atom. The van der Waals surface area contributed by atoms with Crippen LogP contribution in [0, 0.1) is 0 Å². The van der Waals surface area contributed by atoms with Crippen molar-refractivity contribution in [1.82, 2.24) is 10.2 Å². The molecule has 3 heteroatoms. The Morgan fingerprint density at radius 1 is 0.762 bits per heavy atom. The molecule has 0 radical (unpaired) electrons. The number of benzene rings is 2. The van der Waals surface area contributed by atoms with Gasteiger partial charge in [-0.3, -0.25) is 0 Å². The third-order valence-corrected chi connectivity index (χ3v) is 3.17. The van der Waals surface area contributed by atoms with Gasteiger partial charge in [-0.1, -0.05) is 60.7 Å². The number of aromatic nitrogens is 2. The second-order valence-electron chi connectivity index (χ2n) is 4.76. The van der Waals surface area contributed by atoms with Gasteiger partial charge in [-0.15, -0.1) is 10.2 Å². The maximum absolute atomic E-state index is 5.62. The molecule has 0 saturated heterocycles. The molecule has 0 aliphatic rings. The molecule has 1 aromatic heterocycles. The van der Waals surface area contributed by atoms with Gasteiger partial charge in [0, 0.05) is 12.5 Å². The first-order valence-electron chi connectivity index (χ1n) is 6.99. The Bertz CT molecular complexity index is 702. The summed E-state index contributed by atoms with van der Waals surface area (Å²) < 4.78 is 5.62. The smallest absolute Gasteiger partial charge is 0.240 e. The summed E-state index contributed by atoms with van der Waals surface area (Å²) in [5, 5.41) is 8.12. The van der Waals surface area contributed by atoms with Crippen LogP contribution < -0.4 is 0 Å². The first-order valence-corrected chi connectivity index (χ1v) is 6.99. The lowest BCUT2D eigenvalue weighted by Crippen LogP contribution is -1.90. The summed E-state index contributed by atoms with van der Waals surface area (Å²) in [5.41, 5.74) is 2.39. The fraction of sp³-hybridized carbons (Fsp3) is 0.111. The van der Waals surface area contributed by atoms with Crippen LogP contribution in [0.1, 0.15) is 22.9 Å². The second-order valence-corrected chi connectivity index (χ2v) is 4.76. The molecule has 0 aliphatic heterocycles. The lowest BCUT2D eigenvalue weighted by Gasteiger charge is -1.96. The van der Waals surface area contributed by atoms with E-state index in [-0.39, 0.29) is 0 Å². The van der Waals surface area contributed by atoms with Gasteiger partial charge in [0.25, 0.3) is 0 Å². The minimum absolute atomic E-state index is 0.543. The highest BCUT2D eigenvalue weighted by Gasteiger charge is 2.03. The van der Waals surface area contributed by atoms with Gasteiger partial charge in [0.1, 0.15) is 0 Å². The SMILES string of the molecule is C(=C/c1nnc(CCc2ccccc2)o1)/c1ccccc1. The molecule has 0 unspecified atom stereocenters. The van der Waals surface area contributed by atoms with Crippen LogP contribution in [-0.2, 0) is 12.8 Å². The zero-order valence-corrected chi connectivity index (χ0v) is 11.6. The molecule has 0 saturated carbocycles. The van der Waals surface area contributed by atoms with Crippen LogP contribution in [0.4, 0.5) is 0 Å². The molecule has 0 N–H and O–H groups in total. The predicted molar refractivity (Wildman–Crippen MR) is 83.5 cm³/mol. The molecule has 0 atom stereocenters. The van der Waals surface area contributed by atoms with Crippen LogP contribution in [0.5, 0.6) is 0 Å². The van der Waals surface area contributed by atoms with E-state index in [1.807, 2.05) is 60.7 Å². The van der Waals surface area contributed by atoms with Crippen LogP contribution in [-0.4, -0.2) is 10.2 Å². The van der Waals surface area contributed by atoms with E-state index >= 15 is 0 Å². The summed E-state index contributed by atoms with van der Waals surface area (Å²) in [7, 11) is 0. The predicted octanol–water partition coefficient (Wildman–Crippen LogP) is 4.03. The lowest BCUT2D eigenvalue weighted by atomic mass is 10.1. The fourth-order valence-electron chi connectivity index (χ4n) is 2.06. The summed E-state index contributed by atoms with van der Waals surface area (Å²) in [4.78, 5) is 0. The minimum atomic E-state index is 0.543. The average Bonchev–Trinajstić information content (AvgIpc) is 3.01. The third kappa shape index (κ3) is 3.89. The molecule has 1 heterocycles. The monoisotopic (exact) mass is 276 g/mol. The molecule has 0 fully saturated rings. The van der Waals surface area contributed by atoms with E-state index in [2.05, 4.69) is 22.3 Å². The summed E-state index contributed by atoms with van der Waals surface area (Å²) >= 11 is 0. The highest BCUT2D eigenvalue weighted by atomic mass is 16.4. The summed E-state index contributed by atoms with van der Waals surface area (Å²) in [5.74, 6) is 1.22. The van der Waals surface area contributed by atoms with E-state index in [9.17, 15) is 0 Å². The fourth-order valence-corrected chi connectivity index (χ4v) is 2.06. The van der Waals surface area contributed by atoms with E-state index in [0.717, 1.165) is 18.4 Å². The first kappa shape index (κ1) is 13.3. The van der Waals surface area contributed by atoms with E-state index in [0.29, 0.717) is 11.8 Å². The van der Waals surface area contributed by atoms with Crippen molar-refractivity contribution < 1.29 is 4.42 Å². The van der Waals surface area contributed by atoms with E-state index in [1.54, 1.807) is 0 Å². The molecule has 3 rings (SSSR count). The van der Waals surface area contributed by atoms with Crippen molar-refractivity contribution in [2.24, 2.45) is 0 Å². The molecule has 104 valence electrons. The Morgan fingerprint density at radius 3 is 2.24 bits per heavy atom. The molecule has 2 aromatic carbocycles. The third-order valence-electron chi connectivity index (χ3n) is 3.17. The van der Waals surface area contributed by atoms with Crippen LogP contribution in [0.15, 0.2) is 65.1 Å². The average molecular weight is 276 g/mol. The zero-order chi connectivity index (χ0) is 14.3. The van der Waals surface area contributed by atoms with E-state index in [4.69, 9.17) is 4.42 Å². The van der Waals surface area contributed by atoms with Crippen LogP contribution in [0.3, 0.4) is 0 Å². The van der Waals surface area contributed by atoms with Gasteiger partial charge < -0.3 is 4.42 Å². The molecular formula is C18H16N2O. The summed E-state index contributed by atoms with van der Waals surface area (Å²) in [6.07, 6.45) is 5.48. The first-order chi connectivity index (χ1) is 10.4. The van der Waals surface area contributed by atoms with Gasteiger partial charge in [-0.05, 0) is 23.6 Å². The van der Waals surface area contributed by atoms with Crippen molar-refractivity contribution in [3.05, 3.63) is 83.6 Å². The largest absolute Gasteiger partial charge is 0.421 e. The maximum atomic E-state index is 5.62. The van der Waals surface area contributed by atoms with Crippen LogP contribution in [0.2, 0.25) is 0 Å². The number of rotatable bonds is 5. The van der Waals surface area contributed by atoms with Crippen molar-refractivity contribution in [3.63, 3.8) is 0 Å². The van der Waals surface area contributed by atoms with Crippen molar-refractivity contribution in [2.45, 2.75) is 12.8 Å². The van der Waals surface area contributed by atoms with Gasteiger partial charge >= 0.3 is 0 Å².